The molecule has 0 unspecified atom stereocenters. The Balaban J connectivity index is 2.21. The van der Waals surface area contributed by atoms with E-state index < -0.39 is 0 Å². The van der Waals surface area contributed by atoms with Crippen molar-refractivity contribution in [2.75, 3.05) is 11.1 Å². The Morgan fingerprint density at radius 1 is 1.47 bits per heavy atom. The van der Waals surface area contributed by atoms with Gasteiger partial charge in [-0.15, -0.1) is 0 Å². The van der Waals surface area contributed by atoms with E-state index in [1.54, 1.807) is 12.3 Å². The third kappa shape index (κ3) is 1.69. The molecule has 3 rings (SSSR count). The fourth-order valence-electron chi connectivity index (χ4n) is 1.97. The van der Waals surface area contributed by atoms with Crippen molar-refractivity contribution in [2.24, 2.45) is 0 Å². The Morgan fingerprint density at radius 2 is 2.24 bits per heavy atom. The van der Waals surface area contributed by atoms with E-state index in [1.165, 1.54) is 6.07 Å². The first-order valence-electron chi connectivity index (χ1n) is 5.70. The van der Waals surface area contributed by atoms with E-state index in [9.17, 15) is 4.39 Å². The summed E-state index contributed by atoms with van der Waals surface area (Å²) in [4.78, 5) is 4.23. The minimum absolute atomic E-state index is 0.0153. The topological polar surface area (TPSA) is 50.9 Å². The number of nitrogen functional groups attached to an aromatic ring is 1. The van der Waals surface area contributed by atoms with Crippen LogP contribution >= 0.6 is 0 Å². The molecular formula is C13H14FN3. The predicted octanol–water partition coefficient (Wildman–Crippen LogP) is 2.92. The van der Waals surface area contributed by atoms with Gasteiger partial charge in [0.25, 0.3) is 0 Å². The van der Waals surface area contributed by atoms with E-state index in [4.69, 9.17) is 5.73 Å². The summed E-state index contributed by atoms with van der Waals surface area (Å²) in [6.45, 7) is 2.08. The summed E-state index contributed by atoms with van der Waals surface area (Å²) in [7, 11) is 0. The fourth-order valence-corrected chi connectivity index (χ4v) is 1.97. The molecule has 1 aliphatic rings. The lowest BCUT2D eigenvalue weighted by molar-refractivity contribution is 0.628. The second kappa shape index (κ2) is 3.32. The zero-order valence-electron chi connectivity index (χ0n) is 9.63. The Hall–Kier alpha value is -1.84. The van der Waals surface area contributed by atoms with Gasteiger partial charge in [-0.2, -0.15) is 0 Å². The van der Waals surface area contributed by atoms with Gasteiger partial charge >= 0.3 is 0 Å². The van der Waals surface area contributed by atoms with Crippen LogP contribution < -0.4 is 11.1 Å². The molecule has 0 bridgehead atoms. The fraction of sp³-hybridized carbons (Fsp3) is 0.308. The quantitative estimate of drug-likeness (QED) is 0.781. The molecule has 4 heteroatoms. The van der Waals surface area contributed by atoms with Crippen LogP contribution in [0.4, 0.5) is 15.8 Å². The molecule has 0 radical (unpaired) electrons. The summed E-state index contributed by atoms with van der Waals surface area (Å²) < 4.78 is 14.0. The maximum Gasteiger partial charge on any atom is 0.150 e. The molecule has 0 spiro atoms. The molecule has 0 amide bonds. The smallest absolute Gasteiger partial charge is 0.150 e. The number of aromatic nitrogens is 1. The van der Waals surface area contributed by atoms with Crippen LogP contribution in [-0.2, 0) is 0 Å². The summed E-state index contributed by atoms with van der Waals surface area (Å²) in [5.74, 6) is -0.332. The first kappa shape index (κ1) is 10.3. The van der Waals surface area contributed by atoms with Crippen LogP contribution in [0.15, 0.2) is 24.4 Å². The van der Waals surface area contributed by atoms with Crippen LogP contribution in [0.3, 0.4) is 0 Å². The second-order valence-corrected chi connectivity index (χ2v) is 4.91. The largest absolute Gasteiger partial charge is 0.398 e. The third-order valence-electron chi connectivity index (χ3n) is 3.30. The average Bonchev–Trinajstić information content (AvgIpc) is 3.03. The molecule has 0 saturated heterocycles. The number of nitrogens with one attached hydrogen (secondary N) is 1. The number of hydrogen-bond donors (Lipinski definition) is 2. The van der Waals surface area contributed by atoms with Crippen LogP contribution in [0.2, 0.25) is 0 Å². The van der Waals surface area contributed by atoms with Gasteiger partial charge in [-0.1, -0.05) is 0 Å². The highest BCUT2D eigenvalue weighted by atomic mass is 19.1. The Kier molecular flexibility index (Phi) is 2.02. The van der Waals surface area contributed by atoms with Gasteiger partial charge in [-0.25, -0.2) is 4.39 Å². The predicted molar refractivity (Wildman–Crippen MR) is 67.4 cm³/mol. The summed E-state index contributed by atoms with van der Waals surface area (Å²) in [6.07, 6.45) is 3.78. The summed E-state index contributed by atoms with van der Waals surface area (Å²) >= 11 is 0. The van der Waals surface area contributed by atoms with Crippen molar-refractivity contribution in [1.29, 1.82) is 0 Å². The third-order valence-corrected chi connectivity index (χ3v) is 3.30. The number of benzene rings is 1. The first-order chi connectivity index (χ1) is 8.09. The molecule has 88 valence electrons. The van der Waals surface area contributed by atoms with Gasteiger partial charge in [0, 0.05) is 22.8 Å². The molecule has 3 nitrogen and oxygen atoms in total. The maximum absolute atomic E-state index is 14.0. The van der Waals surface area contributed by atoms with Gasteiger partial charge in [0.05, 0.1) is 11.2 Å². The molecule has 1 heterocycles. The van der Waals surface area contributed by atoms with Crippen molar-refractivity contribution < 1.29 is 4.39 Å². The van der Waals surface area contributed by atoms with Gasteiger partial charge in [0.2, 0.25) is 0 Å². The van der Waals surface area contributed by atoms with E-state index in [0.29, 0.717) is 16.9 Å². The van der Waals surface area contributed by atoms with Crippen LogP contribution in [0, 0.1) is 5.82 Å². The van der Waals surface area contributed by atoms with Gasteiger partial charge in [0.1, 0.15) is 0 Å². The second-order valence-electron chi connectivity index (χ2n) is 4.91. The Morgan fingerprint density at radius 3 is 2.94 bits per heavy atom. The summed E-state index contributed by atoms with van der Waals surface area (Å²) in [5.41, 5.74) is 7.32. The number of hydrogen-bond acceptors (Lipinski definition) is 3. The van der Waals surface area contributed by atoms with Crippen molar-refractivity contribution in [1.82, 2.24) is 4.98 Å². The monoisotopic (exact) mass is 231 g/mol. The standard InChI is InChI=1S/C13H14FN3/c1-13(4-5-13)17-12-9(14)7-10(15)8-3-2-6-16-11(8)12/h2-3,6-7,17H,4-5,15H2,1H3. The van der Waals surface area contributed by atoms with Crippen LogP contribution in [0.25, 0.3) is 10.9 Å². The van der Waals surface area contributed by atoms with E-state index in [-0.39, 0.29) is 11.4 Å². The highest BCUT2D eigenvalue weighted by Gasteiger charge is 2.38. The Bertz CT molecular complexity index is 590. The number of halogens is 1. The maximum atomic E-state index is 14.0. The molecular weight excluding hydrogens is 217 g/mol. The lowest BCUT2D eigenvalue weighted by Gasteiger charge is -2.16. The molecule has 2 aromatic rings. The zero-order chi connectivity index (χ0) is 12.0. The number of nitrogens with two attached hydrogens (primary N) is 1. The van der Waals surface area contributed by atoms with E-state index in [0.717, 1.165) is 18.2 Å². The molecule has 1 fully saturated rings. The molecule has 0 atom stereocenters. The summed E-state index contributed by atoms with van der Waals surface area (Å²) in [6, 6.07) is 5.02. The highest BCUT2D eigenvalue weighted by Crippen LogP contribution is 2.41. The van der Waals surface area contributed by atoms with Crippen molar-refractivity contribution in [3.8, 4) is 0 Å². The lowest BCUT2D eigenvalue weighted by atomic mass is 10.1. The SMILES string of the molecule is CC1(Nc2c(F)cc(N)c3cccnc23)CC1. The zero-order valence-corrected chi connectivity index (χ0v) is 9.63. The Labute approximate surface area is 98.8 Å². The normalized spacial score (nSPS) is 17.1. The van der Waals surface area contributed by atoms with Gasteiger partial charge < -0.3 is 11.1 Å². The average molecular weight is 231 g/mol. The van der Waals surface area contributed by atoms with E-state index in [1.807, 2.05) is 6.07 Å². The van der Waals surface area contributed by atoms with Crippen molar-refractivity contribution in [3.63, 3.8) is 0 Å². The number of pyridine rings is 1. The lowest BCUT2D eigenvalue weighted by Crippen LogP contribution is -2.17. The summed E-state index contributed by atoms with van der Waals surface area (Å²) in [5, 5.41) is 4.03. The molecule has 1 aromatic heterocycles. The van der Waals surface area contributed by atoms with Crippen LogP contribution in [0.5, 0.6) is 0 Å². The number of anilines is 2. The molecule has 1 aliphatic carbocycles. The van der Waals surface area contributed by atoms with Gasteiger partial charge in [0.15, 0.2) is 5.82 Å². The molecule has 1 saturated carbocycles. The minimum Gasteiger partial charge on any atom is -0.398 e. The van der Waals surface area contributed by atoms with E-state index in [2.05, 4.69) is 17.2 Å². The highest BCUT2D eigenvalue weighted by molar-refractivity contribution is 5.98. The molecule has 17 heavy (non-hydrogen) atoms. The molecule has 1 aromatic carbocycles. The van der Waals surface area contributed by atoms with Crippen molar-refractivity contribution >= 4 is 22.3 Å². The van der Waals surface area contributed by atoms with Crippen LogP contribution in [0.1, 0.15) is 19.8 Å². The number of rotatable bonds is 2. The van der Waals surface area contributed by atoms with Crippen molar-refractivity contribution in [3.05, 3.63) is 30.2 Å². The number of fused-ring (bicyclic) bond motifs is 1. The minimum atomic E-state index is -0.332. The first-order valence-corrected chi connectivity index (χ1v) is 5.70. The van der Waals surface area contributed by atoms with Gasteiger partial charge in [-0.3, -0.25) is 4.98 Å². The van der Waals surface area contributed by atoms with E-state index >= 15 is 0 Å². The van der Waals surface area contributed by atoms with Crippen molar-refractivity contribution in [2.45, 2.75) is 25.3 Å². The molecule has 3 N–H and O–H groups in total. The van der Waals surface area contributed by atoms with Gasteiger partial charge in [-0.05, 0) is 38.0 Å². The van der Waals surface area contributed by atoms with Crippen LogP contribution in [-0.4, -0.2) is 10.5 Å². The number of nitrogens with zero attached hydrogens (tertiary/aromatic N) is 1. The molecule has 0 aliphatic heterocycles.